The second kappa shape index (κ2) is 9.14. The summed E-state index contributed by atoms with van der Waals surface area (Å²) in [7, 11) is 0. The molecular formula is C18H25N5O4. The maximum Gasteiger partial charge on any atom is 0.410 e. The second-order valence-electron chi connectivity index (χ2n) is 7.30. The average molecular weight is 375 g/mol. The summed E-state index contributed by atoms with van der Waals surface area (Å²) < 4.78 is 10.6. The number of ether oxygens (including phenoxy) is 2. The van der Waals surface area contributed by atoms with E-state index in [1.807, 2.05) is 30.3 Å². The molecule has 27 heavy (non-hydrogen) atoms. The number of hydrogen-bond acceptors (Lipinski definition) is 5. The maximum absolute atomic E-state index is 12.3. The van der Waals surface area contributed by atoms with Gasteiger partial charge in [-0.3, -0.25) is 0 Å². The van der Waals surface area contributed by atoms with E-state index in [1.165, 1.54) is 4.90 Å². The minimum atomic E-state index is -0.625. The zero-order chi connectivity index (χ0) is 19.9. The van der Waals surface area contributed by atoms with Crippen molar-refractivity contribution in [2.24, 2.45) is 5.11 Å². The highest BCUT2D eigenvalue weighted by Crippen LogP contribution is 2.17. The van der Waals surface area contributed by atoms with Gasteiger partial charge in [0.05, 0.1) is 6.04 Å². The van der Waals surface area contributed by atoms with E-state index in [0.717, 1.165) is 5.56 Å². The van der Waals surface area contributed by atoms with Crippen LogP contribution in [0.15, 0.2) is 35.4 Å². The number of hydrogen-bond donors (Lipinski definition) is 1. The molecule has 0 unspecified atom stereocenters. The van der Waals surface area contributed by atoms with Gasteiger partial charge in [-0.1, -0.05) is 35.4 Å². The molecule has 146 valence electrons. The van der Waals surface area contributed by atoms with Crippen molar-refractivity contribution >= 4 is 12.2 Å². The molecular weight excluding hydrogens is 350 g/mol. The van der Waals surface area contributed by atoms with E-state index in [0.29, 0.717) is 13.0 Å². The lowest BCUT2D eigenvalue weighted by atomic mass is 10.0. The number of likely N-dealkylation sites (tertiary alicyclic amines) is 1. The standard InChI is InChI=1S/C18H25N5O4/c1-18(2,3)27-16(24)20-14-9-10-23(11-15(14)21-22-19)17(25)26-12-13-7-5-4-6-8-13/h4-8,14-15H,9-12H2,1-3H3,(H,20,24)/t14-,15-/m1/s1. The van der Waals surface area contributed by atoms with Crippen molar-refractivity contribution in [2.75, 3.05) is 13.1 Å². The molecule has 0 aromatic heterocycles. The van der Waals surface area contributed by atoms with Crippen LogP contribution in [0.25, 0.3) is 10.4 Å². The van der Waals surface area contributed by atoms with Crippen molar-refractivity contribution < 1.29 is 19.1 Å². The molecule has 1 fully saturated rings. The van der Waals surface area contributed by atoms with Crippen molar-refractivity contribution in [3.63, 3.8) is 0 Å². The van der Waals surface area contributed by atoms with Gasteiger partial charge in [-0.2, -0.15) is 0 Å². The first-order chi connectivity index (χ1) is 12.8. The van der Waals surface area contributed by atoms with E-state index >= 15 is 0 Å². The summed E-state index contributed by atoms with van der Waals surface area (Å²) in [5.41, 5.74) is 9.08. The predicted octanol–water partition coefficient (Wildman–Crippen LogP) is 3.60. The summed E-state index contributed by atoms with van der Waals surface area (Å²) in [6.45, 7) is 6.01. The van der Waals surface area contributed by atoms with Crippen molar-refractivity contribution in [1.29, 1.82) is 0 Å². The summed E-state index contributed by atoms with van der Waals surface area (Å²) in [5, 5.41) is 6.45. The Morgan fingerprint density at radius 2 is 2.04 bits per heavy atom. The Labute approximate surface area is 158 Å². The van der Waals surface area contributed by atoms with Crippen LogP contribution in [0.5, 0.6) is 0 Å². The molecule has 2 atom stereocenters. The summed E-state index contributed by atoms with van der Waals surface area (Å²) in [4.78, 5) is 28.6. The SMILES string of the molecule is CC(C)(C)OC(=O)N[C@@H]1CCN(C(=O)OCc2ccccc2)C[C@H]1N=[N+]=[N-]. The fourth-order valence-electron chi connectivity index (χ4n) is 2.72. The molecule has 1 aromatic carbocycles. The molecule has 1 heterocycles. The third-order valence-electron chi connectivity index (χ3n) is 3.95. The highest BCUT2D eigenvalue weighted by Gasteiger charge is 2.33. The molecule has 0 saturated carbocycles. The first-order valence-corrected chi connectivity index (χ1v) is 8.78. The van der Waals surface area contributed by atoms with Gasteiger partial charge >= 0.3 is 12.2 Å². The third kappa shape index (κ3) is 6.71. The Kier molecular flexibility index (Phi) is 6.90. The van der Waals surface area contributed by atoms with Crippen LogP contribution in [0, 0.1) is 0 Å². The number of nitrogens with one attached hydrogen (secondary N) is 1. The number of alkyl carbamates (subject to hydrolysis) is 1. The van der Waals surface area contributed by atoms with Gasteiger partial charge in [0.2, 0.25) is 0 Å². The molecule has 1 N–H and O–H groups in total. The number of carbonyl (C=O) groups excluding carboxylic acids is 2. The van der Waals surface area contributed by atoms with Gasteiger partial charge < -0.3 is 19.7 Å². The van der Waals surface area contributed by atoms with Crippen LogP contribution in [-0.4, -0.2) is 47.9 Å². The topological polar surface area (TPSA) is 117 Å². The summed E-state index contributed by atoms with van der Waals surface area (Å²) >= 11 is 0. The van der Waals surface area contributed by atoms with Gasteiger partial charge in [0.15, 0.2) is 0 Å². The lowest BCUT2D eigenvalue weighted by molar-refractivity contribution is 0.0455. The Bertz CT molecular complexity index is 697. The molecule has 1 aliphatic heterocycles. The highest BCUT2D eigenvalue weighted by molar-refractivity contribution is 5.69. The van der Waals surface area contributed by atoms with Gasteiger partial charge in [-0.05, 0) is 38.3 Å². The Hall–Kier alpha value is -2.93. The summed E-state index contributed by atoms with van der Waals surface area (Å²) in [6, 6.07) is 8.36. The third-order valence-corrected chi connectivity index (χ3v) is 3.95. The van der Waals surface area contributed by atoms with E-state index in [9.17, 15) is 9.59 Å². The highest BCUT2D eigenvalue weighted by atomic mass is 16.6. The molecule has 0 aliphatic carbocycles. The van der Waals surface area contributed by atoms with Crippen molar-refractivity contribution in [2.45, 2.75) is 51.5 Å². The quantitative estimate of drug-likeness (QED) is 0.491. The molecule has 9 heteroatoms. The zero-order valence-corrected chi connectivity index (χ0v) is 15.8. The van der Waals surface area contributed by atoms with Crippen molar-refractivity contribution in [1.82, 2.24) is 10.2 Å². The van der Waals surface area contributed by atoms with Crippen LogP contribution in [-0.2, 0) is 16.1 Å². The number of azide groups is 1. The lowest BCUT2D eigenvalue weighted by Crippen LogP contribution is -2.55. The van der Waals surface area contributed by atoms with Crippen LogP contribution in [0.3, 0.4) is 0 Å². The fourth-order valence-corrected chi connectivity index (χ4v) is 2.72. The Morgan fingerprint density at radius 1 is 1.33 bits per heavy atom. The van der Waals surface area contributed by atoms with Gasteiger partial charge in [0.1, 0.15) is 12.2 Å². The van der Waals surface area contributed by atoms with Gasteiger partial charge in [-0.25, -0.2) is 9.59 Å². The number of amides is 2. The largest absolute Gasteiger partial charge is 0.445 e. The lowest BCUT2D eigenvalue weighted by Gasteiger charge is -2.36. The molecule has 9 nitrogen and oxygen atoms in total. The van der Waals surface area contributed by atoms with E-state index in [1.54, 1.807) is 20.8 Å². The number of benzene rings is 1. The van der Waals surface area contributed by atoms with Gasteiger partial charge in [0, 0.05) is 24.0 Å². The normalized spacial score (nSPS) is 19.6. The van der Waals surface area contributed by atoms with Crippen LogP contribution in [0.1, 0.15) is 32.8 Å². The maximum atomic E-state index is 12.3. The molecule has 0 radical (unpaired) electrons. The smallest absolute Gasteiger partial charge is 0.410 e. The molecule has 0 spiro atoms. The zero-order valence-electron chi connectivity index (χ0n) is 15.8. The molecule has 1 aliphatic rings. The fraction of sp³-hybridized carbons (Fsp3) is 0.556. The van der Waals surface area contributed by atoms with Gasteiger partial charge in [0.25, 0.3) is 0 Å². The summed E-state index contributed by atoms with van der Waals surface area (Å²) in [6.07, 6.45) is -0.623. The minimum absolute atomic E-state index is 0.165. The Balaban J connectivity index is 1.91. The first kappa shape index (κ1) is 20.4. The number of nitrogens with zero attached hydrogens (tertiary/aromatic N) is 4. The Morgan fingerprint density at radius 3 is 2.67 bits per heavy atom. The van der Waals surface area contributed by atoms with Crippen LogP contribution in [0.4, 0.5) is 9.59 Å². The number of piperidine rings is 1. The van der Waals surface area contributed by atoms with Crippen LogP contribution >= 0.6 is 0 Å². The van der Waals surface area contributed by atoms with E-state index in [2.05, 4.69) is 15.3 Å². The second-order valence-corrected chi connectivity index (χ2v) is 7.30. The van der Waals surface area contributed by atoms with Crippen molar-refractivity contribution in [3.05, 3.63) is 46.3 Å². The molecule has 0 bridgehead atoms. The van der Waals surface area contributed by atoms with E-state index in [4.69, 9.17) is 15.0 Å². The minimum Gasteiger partial charge on any atom is -0.445 e. The van der Waals surface area contributed by atoms with Crippen LogP contribution < -0.4 is 5.32 Å². The first-order valence-electron chi connectivity index (χ1n) is 8.78. The molecule has 2 amide bonds. The van der Waals surface area contributed by atoms with E-state index < -0.39 is 29.9 Å². The van der Waals surface area contributed by atoms with E-state index in [-0.39, 0.29) is 13.2 Å². The monoisotopic (exact) mass is 375 g/mol. The number of rotatable bonds is 4. The number of carbonyl (C=O) groups is 2. The average Bonchev–Trinajstić information content (AvgIpc) is 2.60. The predicted molar refractivity (Wildman–Crippen MR) is 98.9 cm³/mol. The van der Waals surface area contributed by atoms with Crippen molar-refractivity contribution in [3.8, 4) is 0 Å². The summed E-state index contributed by atoms with van der Waals surface area (Å²) in [5.74, 6) is 0. The van der Waals surface area contributed by atoms with Crippen LogP contribution in [0.2, 0.25) is 0 Å². The molecule has 1 saturated heterocycles. The van der Waals surface area contributed by atoms with Gasteiger partial charge in [-0.15, -0.1) is 0 Å². The molecule has 2 rings (SSSR count). The molecule has 1 aromatic rings.